The van der Waals surface area contributed by atoms with Gasteiger partial charge in [-0.2, -0.15) is 0 Å². The van der Waals surface area contributed by atoms with Crippen molar-refractivity contribution in [2.24, 2.45) is 0 Å². The molecule has 0 spiro atoms. The van der Waals surface area contributed by atoms with Gasteiger partial charge in [-0.15, -0.1) is 0 Å². The molecule has 8 N–H and O–H groups in total. The first-order chi connectivity index (χ1) is 13.3. The SMILES string of the molecule is Nc1cc(C(=O)O)c(S(=O)(=O)c2cc(C(=O)O)c(N)cc2C(=O)O)cc1C(=O)O. The first-order valence-electron chi connectivity index (χ1n) is 7.34. The maximum absolute atomic E-state index is 13.1. The minimum atomic E-state index is -5.04. The van der Waals surface area contributed by atoms with Crippen molar-refractivity contribution in [2.45, 2.75) is 9.79 Å². The monoisotopic (exact) mass is 424 g/mol. The third-order valence-corrected chi connectivity index (χ3v) is 5.64. The largest absolute Gasteiger partial charge is 0.478 e. The van der Waals surface area contributed by atoms with Crippen molar-refractivity contribution in [1.82, 2.24) is 0 Å². The van der Waals surface area contributed by atoms with Crippen molar-refractivity contribution < 1.29 is 48.0 Å². The number of carboxylic acids is 4. The molecule has 0 saturated heterocycles. The maximum atomic E-state index is 13.1. The Kier molecular flexibility index (Phi) is 5.20. The lowest BCUT2D eigenvalue weighted by molar-refractivity contribution is 0.0677. The van der Waals surface area contributed by atoms with Gasteiger partial charge in [-0.25, -0.2) is 27.6 Å². The molecule has 0 fully saturated rings. The summed E-state index contributed by atoms with van der Waals surface area (Å²) in [6, 6.07) is 2.10. The number of rotatable bonds is 6. The molecule has 0 bridgehead atoms. The number of carbonyl (C=O) groups is 4. The lowest BCUT2D eigenvalue weighted by Gasteiger charge is -2.14. The molecule has 0 heterocycles. The van der Waals surface area contributed by atoms with Crippen LogP contribution in [0.4, 0.5) is 11.4 Å². The van der Waals surface area contributed by atoms with E-state index in [1.54, 1.807) is 0 Å². The van der Waals surface area contributed by atoms with Crippen LogP contribution in [0.15, 0.2) is 34.1 Å². The van der Waals surface area contributed by atoms with Crippen LogP contribution >= 0.6 is 0 Å². The van der Waals surface area contributed by atoms with E-state index in [4.69, 9.17) is 21.7 Å². The fraction of sp³-hybridized carbons (Fsp3) is 0. The Morgan fingerprint density at radius 1 is 0.586 bits per heavy atom. The van der Waals surface area contributed by atoms with Crippen molar-refractivity contribution in [1.29, 1.82) is 0 Å². The van der Waals surface area contributed by atoms with Crippen LogP contribution in [0.3, 0.4) is 0 Å². The summed E-state index contributed by atoms with van der Waals surface area (Å²) in [5.74, 6) is -6.92. The molecule has 0 radical (unpaired) electrons. The van der Waals surface area contributed by atoms with Gasteiger partial charge in [0.05, 0.1) is 32.0 Å². The maximum Gasteiger partial charge on any atom is 0.337 e. The van der Waals surface area contributed by atoms with Gasteiger partial charge in [-0.1, -0.05) is 0 Å². The Balaban J connectivity index is 3.00. The summed E-state index contributed by atoms with van der Waals surface area (Å²) in [7, 11) is -5.04. The fourth-order valence-corrected chi connectivity index (χ4v) is 4.12. The van der Waals surface area contributed by atoms with Crippen LogP contribution in [-0.4, -0.2) is 52.7 Å². The Morgan fingerprint density at radius 2 is 0.862 bits per heavy atom. The van der Waals surface area contributed by atoms with Gasteiger partial charge in [0.1, 0.15) is 0 Å². The van der Waals surface area contributed by atoms with E-state index in [1.165, 1.54) is 0 Å². The van der Waals surface area contributed by atoms with Crippen molar-refractivity contribution in [3.05, 3.63) is 46.5 Å². The van der Waals surface area contributed by atoms with Gasteiger partial charge in [0.15, 0.2) is 0 Å². The molecule has 0 aromatic heterocycles. The van der Waals surface area contributed by atoms with Gasteiger partial charge in [-0.3, -0.25) is 0 Å². The molecule has 0 amide bonds. The van der Waals surface area contributed by atoms with Crippen molar-refractivity contribution >= 4 is 45.1 Å². The Labute approximate surface area is 161 Å². The number of nitrogens with two attached hydrogens (primary N) is 2. The average Bonchev–Trinajstić information content (AvgIpc) is 2.59. The minimum absolute atomic E-state index is 0.457. The summed E-state index contributed by atoms with van der Waals surface area (Å²) >= 11 is 0. The van der Waals surface area contributed by atoms with E-state index in [1.807, 2.05) is 0 Å². The number of hydrogen-bond acceptors (Lipinski definition) is 8. The highest BCUT2D eigenvalue weighted by atomic mass is 32.2. The predicted octanol–water partition coefficient (Wildman–Crippen LogP) is 0.477. The van der Waals surface area contributed by atoms with Crippen LogP contribution in [0, 0.1) is 0 Å². The molecule has 152 valence electrons. The number of hydrogen-bond donors (Lipinski definition) is 6. The molecule has 2 aromatic rings. The minimum Gasteiger partial charge on any atom is -0.478 e. The molecule has 0 aliphatic rings. The highest BCUT2D eigenvalue weighted by Crippen LogP contribution is 2.32. The molecule has 0 unspecified atom stereocenters. The molecule has 2 aromatic carbocycles. The lowest BCUT2D eigenvalue weighted by atomic mass is 10.1. The summed E-state index contributed by atoms with van der Waals surface area (Å²) in [6.45, 7) is 0. The highest BCUT2D eigenvalue weighted by molar-refractivity contribution is 7.91. The fourth-order valence-electron chi connectivity index (χ4n) is 2.46. The van der Waals surface area contributed by atoms with Crippen molar-refractivity contribution in [3.63, 3.8) is 0 Å². The second-order valence-electron chi connectivity index (χ2n) is 5.60. The van der Waals surface area contributed by atoms with Gasteiger partial charge >= 0.3 is 23.9 Å². The topological polar surface area (TPSA) is 235 Å². The van der Waals surface area contributed by atoms with Gasteiger partial charge in [0, 0.05) is 11.4 Å². The van der Waals surface area contributed by atoms with Crippen LogP contribution in [0.5, 0.6) is 0 Å². The number of sulfone groups is 1. The number of nitrogen functional groups attached to an aromatic ring is 2. The zero-order chi connectivity index (χ0) is 22.3. The van der Waals surface area contributed by atoms with E-state index >= 15 is 0 Å². The van der Waals surface area contributed by atoms with E-state index in [0.717, 1.165) is 0 Å². The highest BCUT2D eigenvalue weighted by Gasteiger charge is 2.32. The summed E-state index contributed by atoms with van der Waals surface area (Å²) < 4.78 is 26.1. The van der Waals surface area contributed by atoms with Crippen LogP contribution in [0.2, 0.25) is 0 Å². The van der Waals surface area contributed by atoms with Crippen LogP contribution in [0.1, 0.15) is 41.4 Å². The number of carboxylic acid groups (broad SMARTS) is 4. The number of aromatic carboxylic acids is 4. The average molecular weight is 424 g/mol. The summed E-state index contributed by atoms with van der Waals surface area (Å²) in [5.41, 5.74) is 6.43. The quantitative estimate of drug-likeness (QED) is 0.347. The molecular weight excluding hydrogens is 412 g/mol. The smallest absolute Gasteiger partial charge is 0.337 e. The molecule has 12 nitrogen and oxygen atoms in total. The van der Waals surface area contributed by atoms with Crippen LogP contribution in [0.25, 0.3) is 0 Å². The van der Waals surface area contributed by atoms with Gasteiger partial charge in [0.2, 0.25) is 9.84 Å². The predicted molar refractivity (Wildman–Crippen MR) is 95.0 cm³/mol. The molecule has 13 heteroatoms. The van der Waals surface area contributed by atoms with E-state index in [-0.39, 0.29) is 0 Å². The third kappa shape index (κ3) is 3.66. The zero-order valence-corrected chi connectivity index (χ0v) is 14.9. The van der Waals surface area contributed by atoms with Crippen LogP contribution in [-0.2, 0) is 9.84 Å². The first kappa shape index (κ1) is 21.2. The first-order valence-corrected chi connectivity index (χ1v) is 8.82. The normalized spacial score (nSPS) is 11.0. The second-order valence-corrected chi connectivity index (χ2v) is 7.48. The molecule has 0 aliphatic carbocycles. The lowest BCUT2D eigenvalue weighted by Crippen LogP contribution is -2.17. The number of anilines is 2. The van der Waals surface area contributed by atoms with E-state index in [0.29, 0.717) is 24.3 Å². The Bertz CT molecular complexity index is 1110. The molecule has 0 atom stereocenters. The third-order valence-electron chi connectivity index (χ3n) is 3.80. The van der Waals surface area contributed by atoms with Gasteiger partial charge in [0.25, 0.3) is 0 Å². The molecule has 2 rings (SSSR count). The van der Waals surface area contributed by atoms with Gasteiger partial charge in [-0.05, 0) is 24.3 Å². The molecule has 0 aliphatic heterocycles. The van der Waals surface area contributed by atoms with Crippen LogP contribution < -0.4 is 11.5 Å². The summed E-state index contributed by atoms with van der Waals surface area (Å²) in [6.07, 6.45) is 0. The zero-order valence-electron chi connectivity index (χ0n) is 14.1. The molecular formula is C16H12N2O10S. The molecule has 0 saturated carbocycles. The van der Waals surface area contributed by atoms with Gasteiger partial charge < -0.3 is 31.9 Å². The second kappa shape index (κ2) is 7.12. The van der Waals surface area contributed by atoms with E-state index in [2.05, 4.69) is 0 Å². The van der Waals surface area contributed by atoms with Crippen molar-refractivity contribution in [2.75, 3.05) is 11.5 Å². The summed E-state index contributed by atoms with van der Waals surface area (Å²) in [5, 5.41) is 36.9. The van der Waals surface area contributed by atoms with Crippen molar-refractivity contribution in [3.8, 4) is 0 Å². The number of benzene rings is 2. The Morgan fingerprint density at radius 3 is 1.10 bits per heavy atom. The van der Waals surface area contributed by atoms with E-state index in [9.17, 15) is 37.8 Å². The van der Waals surface area contributed by atoms with E-state index < -0.39 is 77.1 Å². The Hall–Kier alpha value is -4.13. The summed E-state index contributed by atoms with van der Waals surface area (Å²) in [4.78, 5) is 43.3. The standard InChI is InChI=1S/C16H12N2O10S/c17-9-1-7(15(23)24)11(3-5(9)13(19)20)29(27,28)12-4-6(14(21)22)10(18)2-8(12)16(25)26/h1-4H,17-18H2,(H,19,20)(H,21,22)(H,23,24)(H,25,26). The molecule has 29 heavy (non-hydrogen) atoms.